The molecule has 0 aliphatic carbocycles. The summed E-state index contributed by atoms with van der Waals surface area (Å²) in [5.74, 6) is 0. The number of hydrogen-bond donors (Lipinski definition) is 0. The molecule has 0 amide bonds. The number of aromatic nitrogens is 6. The zero-order valence-corrected chi connectivity index (χ0v) is 31.3. The molecule has 0 atom stereocenters. The van der Waals surface area contributed by atoms with E-state index in [1.807, 2.05) is 21.8 Å². The highest BCUT2D eigenvalue weighted by molar-refractivity contribution is 8.00. The molecule has 2 aliphatic rings. The second-order valence-electron chi connectivity index (χ2n) is 13.5. The molecule has 0 N–H and O–H groups in total. The predicted octanol–water partition coefficient (Wildman–Crippen LogP) is 12.1. The van der Waals surface area contributed by atoms with Crippen LogP contribution >= 0.6 is 23.5 Å². The zero-order valence-electron chi connectivity index (χ0n) is 29.7. The van der Waals surface area contributed by atoms with Crippen LogP contribution in [0.25, 0.3) is 33.9 Å². The SMILES string of the molecule is c1cc(N2c3ccccc3Sc3ccccc32)cc(-n2cc(-c3ccc(-c4cn(-c5cccc(N6c7ccccc7Sc7ccccc76)c5)nn4)cc3)nn2)c1. The van der Waals surface area contributed by atoms with Crippen LogP contribution in [0.3, 0.4) is 0 Å². The minimum absolute atomic E-state index is 0.784. The number of para-hydroxylation sites is 4. The summed E-state index contributed by atoms with van der Waals surface area (Å²) in [6, 6.07) is 59.2. The fraction of sp³-hybridized carbons (Fsp3) is 0. The lowest BCUT2D eigenvalue weighted by Gasteiger charge is -2.33. The van der Waals surface area contributed by atoms with Gasteiger partial charge in [-0.1, -0.05) is 119 Å². The summed E-state index contributed by atoms with van der Waals surface area (Å²) in [5, 5.41) is 18.2. The van der Waals surface area contributed by atoms with Crippen LogP contribution in [-0.4, -0.2) is 30.0 Å². The number of fused-ring (bicyclic) bond motifs is 4. The minimum atomic E-state index is 0.784. The molecule has 0 bridgehead atoms. The predicted molar refractivity (Wildman–Crippen MR) is 225 cm³/mol. The van der Waals surface area contributed by atoms with Gasteiger partial charge in [0.05, 0.1) is 46.5 Å². The molecule has 4 heterocycles. The van der Waals surface area contributed by atoms with Crippen molar-refractivity contribution in [3.8, 4) is 33.9 Å². The van der Waals surface area contributed by atoms with E-state index in [1.165, 1.54) is 19.6 Å². The summed E-state index contributed by atoms with van der Waals surface area (Å²) < 4.78 is 3.67. The van der Waals surface area contributed by atoms with Crippen molar-refractivity contribution >= 4 is 57.6 Å². The molecule has 0 fully saturated rings. The first-order valence-electron chi connectivity index (χ1n) is 18.2. The van der Waals surface area contributed by atoms with Crippen molar-refractivity contribution in [1.82, 2.24) is 30.0 Å². The maximum absolute atomic E-state index is 4.56. The molecule has 0 spiro atoms. The normalized spacial score (nSPS) is 12.8. The number of nitrogens with zero attached hydrogens (tertiary/aromatic N) is 8. The molecule has 11 rings (SSSR count). The van der Waals surface area contributed by atoms with Crippen LogP contribution in [0, 0.1) is 0 Å². The van der Waals surface area contributed by atoms with E-state index in [4.69, 9.17) is 0 Å². The average Bonchev–Trinajstić information content (AvgIpc) is 3.97. The van der Waals surface area contributed by atoms with Gasteiger partial charge in [-0.05, 0) is 84.9 Å². The monoisotopic (exact) mass is 758 g/mol. The summed E-state index contributed by atoms with van der Waals surface area (Å²) >= 11 is 3.61. The van der Waals surface area contributed by atoms with E-state index in [0.717, 1.165) is 68.0 Å². The Hall–Kier alpha value is -6.88. The van der Waals surface area contributed by atoms with E-state index < -0.39 is 0 Å². The first-order chi connectivity index (χ1) is 27.7. The first-order valence-corrected chi connectivity index (χ1v) is 19.9. The van der Waals surface area contributed by atoms with Gasteiger partial charge in [0.2, 0.25) is 0 Å². The number of hydrogen-bond acceptors (Lipinski definition) is 8. The summed E-state index contributed by atoms with van der Waals surface area (Å²) in [5.41, 5.74) is 12.1. The Morgan fingerprint density at radius 2 is 0.679 bits per heavy atom. The Labute approximate surface area is 331 Å². The lowest BCUT2D eigenvalue weighted by molar-refractivity contribution is 0.803. The molecule has 56 heavy (non-hydrogen) atoms. The van der Waals surface area contributed by atoms with Gasteiger partial charge in [0.25, 0.3) is 0 Å². The van der Waals surface area contributed by atoms with Gasteiger partial charge in [-0.25, -0.2) is 9.36 Å². The fourth-order valence-corrected chi connectivity index (χ4v) is 9.49. The van der Waals surface area contributed by atoms with E-state index >= 15 is 0 Å². The molecule has 10 heteroatoms. The summed E-state index contributed by atoms with van der Waals surface area (Å²) in [7, 11) is 0. The quantitative estimate of drug-likeness (QED) is 0.166. The van der Waals surface area contributed by atoms with Gasteiger partial charge in [0.15, 0.2) is 0 Å². The van der Waals surface area contributed by atoms with Crippen molar-refractivity contribution in [2.75, 3.05) is 9.80 Å². The Kier molecular flexibility index (Phi) is 7.82. The Balaban J connectivity index is 0.847. The van der Waals surface area contributed by atoms with Crippen LogP contribution in [0.2, 0.25) is 0 Å². The van der Waals surface area contributed by atoms with E-state index in [0.29, 0.717) is 0 Å². The average molecular weight is 759 g/mol. The fourth-order valence-electron chi connectivity index (χ4n) is 7.37. The van der Waals surface area contributed by atoms with Crippen LogP contribution in [0.1, 0.15) is 0 Å². The molecule has 9 aromatic rings. The summed E-state index contributed by atoms with van der Waals surface area (Å²) in [6.45, 7) is 0. The van der Waals surface area contributed by atoms with Gasteiger partial charge >= 0.3 is 0 Å². The third-order valence-corrected chi connectivity index (χ3v) is 12.3. The van der Waals surface area contributed by atoms with E-state index in [9.17, 15) is 0 Å². The maximum atomic E-state index is 4.56. The van der Waals surface area contributed by atoms with Crippen molar-refractivity contribution in [2.24, 2.45) is 0 Å². The van der Waals surface area contributed by atoms with Gasteiger partial charge in [0, 0.05) is 42.1 Å². The highest BCUT2D eigenvalue weighted by atomic mass is 32.2. The third-order valence-electron chi connectivity index (χ3n) is 10.0. The van der Waals surface area contributed by atoms with Crippen LogP contribution in [-0.2, 0) is 0 Å². The second-order valence-corrected chi connectivity index (χ2v) is 15.6. The molecular weight excluding hydrogens is 729 g/mol. The minimum Gasteiger partial charge on any atom is -0.308 e. The van der Waals surface area contributed by atoms with E-state index in [1.54, 1.807) is 23.5 Å². The van der Waals surface area contributed by atoms with Gasteiger partial charge in [-0.2, -0.15) is 0 Å². The number of rotatable bonds is 6. The first kappa shape index (κ1) is 32.5. The molecule has 0 saturated heterocycles. The standard InChI is InChI=1S/C46H30N8S2/c1-5-19-43-39(15-1)53(40-16-2-6-20-44(40)55-43)35-13-9-11-33(27-35)51-29-37(47-49-51)31-23-25-32(26-24-31)38-30-52(50-48-38)34-12-10-14-36(28-34)54-41-17-3-7-21-45(41)56-46-22-8-4-18-42(46)54/h1-30H. The number of anilines is 6. The lowest BCUT2D eigenvalue weighted by atomic mass is 10.1. The maximum Gasteiger partial charge on any atom is 0.113 e. The Bertz CT molecular complexity index is 2630. The van der Waals surface area contributed by atoms with E-state index in [-0.39, 0.29) is 0 Å². The Morgan fingerprint density at radius 1 is 0.339 bits per heavy atom. The van der Waals surface area contributed by atoms with Gasteiger partial charge in [-0.15, -0.1) is 10.2 Å². The van der Waals surface area contributed by atoms with Crippen molar-refractivity contribution in [1.29, 1.82) is 0 Å². The van der Waals surface area contributed by atoms with Crippen LogP contribution in [0.4, 0.5) is 34.1 Å². The molecular formula is C46H30N8S2. The van der Waals surface area contributed by atoms with E-state index in [2.05, 4.69) is 200 Å². The summed E-state index contributed by atoms with van der Waals surface area (Å²) in [4.78, 5) is 9.55. The van der Waals surface area contributed by atoms with Gasteiger partial charge in [0.1, 0.15) is 11.4 Å². The van der Waals surface area contributed by atoms with Gasteiger partial charge in [-0.3, -0.25) is 0 Å². The van der Waals surface area contributed by atoms with Gasteiger partial charge < -0.3 is 9.80 Å². The topological polar surface area (TPSA) is 67.9 Å². The third kappa shape index (κ3) is 5.66. The van der Waals surface area contributed by atoms with Crippen molar-refractivity contribution in [2.45, 2.75) is 19.6 Å². The van der Waals surface area contributed by atoms with Crippen molar-refractivity contribution in [3.63, 3.8) is 0 Å². The Morgan fingerprint density at radius 3 is 1.05 bits per heavy atom. The zero-order chi connectivity index (χ0) is 37.0. The molecule has 2 aliphatic heterocycles. The van der Waals surface area contributed by atoms with Crippen LogP contribution in [0.5, 0.6) is 0 Å². The molecule has 0 radical (unpaired) electrons. The largest absolute Gasteiger partial charge is 0.308 e. The lowest BCUT2D eigenvalue weighted by Crippen LogP contribution is -2.15. The molecule has 0 unspecified atom stereocenters. The molecule has 8 nitrogen and oxygen atoms in total. The molecule has 2 aromatic heterocycles. The highest BCUT2D eigenvalue weighted by Gasteiger charge is 2.26. The highest BCUT2D eigenvalue weighted by Crippen LogP contribution is 2.52. The second kappa shape index (κ2) is 13.5. The number of benzene rings is 7. The van der Waals surface area contributed by atoms with Crippen LogP contribution in [0.15, 0.2) is 202 Å². The molecule has 0 saturated carbocycles. The summed E-state index contributed by atoms with van der Waals surface area (Å²) in [6.07, 6.45) is 3.95. The molecule has 266 valence electrons. The van der Waals surface area contributed by atoms with Crippen molar-refractivity contribution < 1.29 is 0 Å². The van der Waals surface area contributed by atoms with Crippen LogP contribution < -0.4 is 9.80 Å². The molecule has 7 aromatic carbocycles. The smallest absolute Gasteiger partial charge is 0.113 e. The van der Waals surface area contributed by atoms with Crippen molar-refractivity contribution in [3.05, 3.63) is 182 Å².